The molecule has 1 aromatic carbocycles. The van der Waals surface area contributed by atoms with Crippen LogP contribution in [0.15, 0.2) is 18.2 Å². The molecule has 0 bridgehead atoms. The fourth-order valence-corrected chi connectivity index (χ4v) is 2.19. The molecule has 0 amide bonds. The first kappa shape index (κ1) is 10.5. The van der Waals surface area contributed by atoms with E-state index in [1.54, 1.807) is 0 Å². The number of hydrogen-bond donors (Lipinski definition) is 1. The van der Waals surface area contributed by atoms with Crippen LogP contribution in [-0.2, 0) is 6.42 Å². The molecule has 2 nitrogen and oxygen atoms in total. The molecule has 0 spiro atoms. The Morgan fingerprint density at radius 1 is 1.47 bits per heavy atom. The molecule has 0 saturated heterocycles. The lowest BCUT2D eigenvalue weighted by Crippen LogP contribution is -2.24. The van der Waals surface area contributed by atoms with Gasteiger partial charge in [0.15, 0.2) is 0 Å². The van der Waals surface area contributed by atoms with Crippen LogP contribution in [0.25, 0.3) is 0 Å². The van der Waals surface area contributed by atoms with Crippen molar-refractivity contribution in [1.29, 1.82) is 0 Å². The third kappa shape index (κ3) is 2.00. The zero-order chi connectivity index (χ0) is 10.8. The van der Waals surface area contributed by atoms with E-state index >= 15 is 0 Å². The second-order valence-corrected chi connectivity index (χ2v) is 4.50. The Morgan fingerprint density at radius 2 is 2.27 bits per heavy atom. The van der Waals surface area contributed by atoms with E-state index in [-0.39, 0.29) is 12.5 Å². The Hall–Kier alpha value is -1.02. The van der Waals surface area contributed by atoms with Crippen LogP contribution in [-0.4, -0.2) is 25.3 Å². The molecule has 2 heteroatoms. The maximum absolute atomic E-state index is 9.14. The van der Waals surface area contributed by atoms with Gasteiger partial charge in [0.05, 0.1) is 0 Å². The molecule has 1 aliphatic heterocycles. The number of nitrogens with zero attached hydrogens (tertiary/aromatic N) is 1. The Kier molecular flexibility index (Phi) is 2.96. The summed E-state index contributed by atoms with van der Waals surface area (Å²) < 4.78 is 0. The highest BCUT2D eigenvalue weighted by Crippen LogP contribution is 2.29. The number of benzene rings is 1. The molecule has 1 aromatic rings. The summed E-state index contributed by atoms with van der Waals surface area (Å²) in [5, 5.41) is 9.14. The molecule has 0 radical (unpaired) electrons. The first-order valence-corrected chi connectivity index (χ1v) is 5.67. The summed E-state index contributed by atoms with van der Waals surface area (Å²) in [4.78, 5) is 2.31. The summed E-state index contributed by atoms with van der Waals surface area (Å²) in [7, 11) is 2.14. The van der Waals surface area contributed by atoms with Crippen molar-refractivity contribution in [3.05, 3.63) is 29.3 Å². The van der Waals surface area contributed by atoms with E-state index in [4.69, 9.17) is 5.11 Å². The normalized spacial score (nSPS) is 17.4. The molecular weight excluding hydrogens is 186 g/mol. The second kappa shape index (κ2) is 4.23. The van der Waals surface area contributed by atoms with Gasteiger partial charge in [-0.1, -0.05) is 19.1 Å². The van der Waals surface area contributed by atoms with Crippen LogP contribution in [0.5, 0.6) is 0 Å². The van der Waals surface area contributed by atoms with Crippen LogP contribution in [0, 0.1) is 0 Å². The van der Waals surface area contributed by atoms with Gasteiger partial charge in [-0.3, -0.25) is 0 Å². The van der Waals surface area contributed by atoms with Crippen molar-refractivity contribution < 1.29 is 5.11 Å². The molecule has 1 heterocycles. The van der Waals surface area contributed by atoms with Crippen LogP contribution < -0.4 is 4.90 Å². The molecule has 2 rings (SSSR count). The summed E-state index contributed by atoms with van der Waals surface area (Å²) in [6.45, 7) is 3.43. The minimum absolute atomic E-state index is 0.225. The number of aryl methyl sites for hydroxylation is 1. The van der Waals surface area contributed by atoms with E-state index in [0.717, 1.165) is 6.54 Å². The molecule has 82 valence electrons. The van der Waals surface area contributed by atoms with Gasteiger partial charge in [-0.15, -0.1) is 0 Å². The molecule has 1 N–H and O–H groups in total. The predicted molar refractivity (Wildman–Crippen MR) is 63.5 cm³/mol. The lowest BCUT2D eigenvalue weighted by molar-refractivity contribution is 0.273. The average Bonchev–Trinajstić information content (AvgIpc) is 2.28. The van der Waals surface area contributed by atoms with Crippen molar-refractivity contribution in [2.75, 3.05) is 25.1 Å². The quantitative estimate of drug-likeness (QED) is 0.799. The van der Waals surface area contributed by atoms with Gasteiger partial charge in [0.2, 0.25) is 0 Å². The summed E-state index contributed by atoms with van der Waals surface area (Å²) in [5.41, 5.74) is 4.03. The molecule has 0 fully saturated rings. The molecular formula is C13H19NO. The summed E-state index contributed by atoms with van der Waals surface area (Å²) in [6, 6.07) is 6.60. The third-order valence-electron chi connectivity index (χ3n) is 3.30. The Labute approximate surface area is 91.5 Å². The number of anilines is 1. The fraction of sp³-hybridized carbons (Fsp3) is 0.538. The highest BCUT2D eigenvalue weighted by molar-refractivity contribution is 5.57. The highest BCUT2D eigenvalue weighted by atomic mass is 16.3. The van der Waals surface area contributed by atoms with Crippen LogP contribution in [0.4, 0.5) is 5.69 Å². The standard InChI is InChI=1S/C13H19NO/c1-10(9-15)12-6-5-11-4-3-7-14(2)13(11)8-12/h5-6,8,10,15H,3-4,7,9H2,1-2H3. The molecule has 0 saturated carbocycles. The zero-order valence-electron chi connectivity index (χ0n) is 9.53. The van der Waals surface area contributed by atoms with Crippen LogP contribution >= 0.6 is 0 Å². The first-order chi connectivity index (χ1) is 7.22. The number of aliphatic hydroxyl groups is 1. The lowest BCUT2D eigenvalue weighted by Gasteiger charge is -2.28. The summed E-state index contributed by atoms with van der Waals surface area (Å²) >= 11 is 0. The van der Waals surface area contributed by atoms with Gasteiger partial charge in [-0.2, -0.15) is 0 Å². The van der Waals surface area contributed by atoms with Crippen LogP contribution in [0.2, 0.25) is 0 Å². The van der Waals surface area contributed by atoms with Crippen LogP contribution in [0.3, 0.4) is 0 Å². The van der Waals surface area contributed by atoms with Crippen molar-refractivity contribution in [2.24, 2.45) is 0 Å². The van der Waals surface area contributed by atoms with Gasteiger partial charge in [0, 0.05) is 31.8 Å². The zero-order valence-corrected chi connectivity index (χ0v) is 9.53. The molecule has 0 aromatic heterocycles. The third-order valence-corrected chi connectivity index (χ3v) is 3.30. The van der Waals surface area contributed by atoms with Gasteiger partial charge in [0.1, 0.15) is 0 Å². The van der Waals surface area contributed by atoms with Crippen molar-refractivity contribution in [3.8, 4) is 0 Å². The van der Waals surface area contributed by atoms with E-state index in [1.165, 1.54) is 29.7 Å². The number of fused-ring (bicyclic) bond motifs is 1. The summed E-state index contributed by atoms with van der Waals surface area (Å²) in [6.07, 6.45) is 2.44. The molecule has 1 unspecified atom stereocenters. The number of aliphatic hydroxyl groups excluding tert-OH is 1. The first-order valence-electron chi connectivity index (χ1n) is 5.67. The van der Waals surface area contributed by atoms with Gasteiger partial charge in [-0.25, -0.2) is 0 Å². The molecule has 1 atom stereocenters. The van der Waals surface area contributed by atoms with Crippen molar-refractivity contribution in [1.82, 2.24) is 0 Å². The van der Waals surface area contributed by atoms with E-state index in [1.807, 2.05) is 0 Å². The Morgan fingerprint density at radius 3 is 3.00 bits per heavy atom. The minimum atomic E-state index is 0.225. The van der Waals surface area contributed by atoms with E-state index in [0.29, 0.717) is 0 Å². The van der Waals surface area contributed by atoms with Crippen molar-refractivity contribution >= 4 is 5.69 Å². The monoisotopic (exact) mass is 205 g/mol. The highest BCUT2D eigenvalue weighted by Gasteiger charge is 2.15. The van der Waals surface area contributed by atoms with Crippen molar-refractivity contribution in [3.63, 3.8) is 0 Å². The molecule has 0 aliphatic carbocycles. The summed E-state index contributed by atoms with van der Waals surface area (Å²) in [5.74, 6) is 0.241. The number of rotatable bonds is 2. The van der Waals surface area contributed by atoms with Gasteiger partial charge in [-0.05, 0) is 30.0 Å². The second-order valence-electron chi connectivity index (χ2n) is 4.50. The predicted octanol–water partition coefficient (Wildman–Crippen LogP) is 2.16. The maximum atomic E-state index is 9.14. The van der Waals surface area contributed by atoms with E-state index in [9.17, 15) is 0 Å². The van der Waals surface area contributed by atoms with E-state index < -0.39 is 0 Å². The van der Waals surface area contributed by atoms with E-state index in [2.05, 4.69) is 37.1 Å². The van der Waals surface area contributed by atoms with Crippen LogP contribution in [0.1, 0.15) is 30.4 Å². The van der Waals surface area contributed by atoms with Gasteiger partial charge < -0.3 is 10.0 Å². The molecule has 15 heavy (non-hydrogen) atoms. The Bertz CT molecular complexity index is 348. The smallest absolute Gasteiger partial charge is 0.0497 e. The largest absolute Gasteiger partial charge is 0.396 e. The van der Waals surface area contributed by atoms with Gasteiger partial charge in [0.25, 0.3) is 0 Å². The Balaban J connectivity index is 2.35. The average molecular weight is 205 g/mol. The number of hydrogen-bond acceptors (Lipinski definition) is 2. The minimum Gasteiger partial charge on any atom is -0.396 e. The molecule has 1 aliphatic rings. The fourth-order valence-electron chi connectivity index (χ4n) is 2.19. The SMILES string of the molecule is CC(CO)c1ccc2c(c1)N(C)CCC2. The van der Waals surface area contributed by atoms with Crippen molar-refractivity contribution in [2.45, 2.75) is 25.7 Å². The topological polar surface area (TPSA) is 23.5 Å². The van der Waals surface area contributed by atoms with Gasteiger partial charge >= 0.3 is 0 Å². The lowest BCUT2D eigenvalue weighted by atomic mass is 9.95. The maximum Gasteiger partial charge on any atom is 0.0497 e.